The number of anilines is 1. The summed E-state index contributed by atoms with van der Waals surface area (Å²) in [4.78, 5) is 21.3. The fraction of sp³-hybridized carbons (Fsp3) is 0.125. The molecule has 0 atom stereocenters. The average Bonchev–Trinajstić information content (AvgIpc) is 2.16. The zero-order valence-electron chi connectivity index (χ0n) is 7.03. The van der Waals surface area contributed by atoms with Crippen molar-refractivity contribution < 1.29 is 0 Å². The highest BCUT2D eigenvalue weighted by Gasteiger charge is 2.01. The molecule has 0 saturated carbocycles. The minimum absolute atomic E-state index is 0.393. The van der Waals surface area contributed by atoms with Gasteiger partial charge in [-0.3, -0.25) is 4.98 Å². The molecule has 0 aromatic carbocycles. The fourth-order valence-electron chi connectivity index (χ4n) is 1.18. The molecule has 0 radical (unpaired) electrons. The lowest BCUT2D eigenvalue weighted by atomic mass is 10.3. The summed E-state index contributed by atoms with van der Waals surface area (Å²) in [6.07, 6.45) is 1.62. The smallest absolute Gasteiger partial charge is 0.348 e. The highest BCUT2D eigenvalue weighted by Crippen LogP contribution is 2.13. The van der Waals surface area contributed by atoms with E-state index in [9.17, 15) is 4.79 Å². The second-order valence-electron chi connectivity index (χ2n) is 2.54. The van der Waals surface area contributed by atoms with Crippen LogP contribution in [0, 0.1) is 0 Å². The third-order valence-corrected chi connectivity index (χ3v) is 1.74. The second kappa shape index (κ2) is 2.85. The molecule has 0 spiro atoms. The van der Waals surface area contributed by atoms with Gasteiger partial charge in [0, 0.05) is 13.2 Å². The summed E-state index contributed by atoms with van der Waals surface area (Å²) < 4.78 is 0. The average molecular weight is 176 g/mol. The molecular formula is C8H8N4O. The predicted octanol–water partition coefficient (Wildman–Crippen LogP) is 0.360. The highest BCUT2D eigenvalue weighted by molar-refractivity contribution is 5.85. The first-order valence-corrected chi connectivity index (χ1v) is 3.84. The lowest BCUT2D eigenvalue weighted by molar-refractivity contribution is 1.09. The number of pyridine rings is 1. The van der Waals surface area contributed by atoms with Crippen molar-refractivity contribution in [1.29, 1.82) is 0 Å². The van der Waals surface area contributed by atoms with Gasteiger partial charge in [0.2, 0.25) is 0 Å². The standard InChI is InChI=1S/C8H8N4O/c1-9-6-5-3-2-4-10-7(5)12-8(13)11-6/h2-4H,1H3,(H2,9,10,11,12,13). The molecule has 13 heavy (non-hydrogen) atoms. The van der Waals surface area contributed by atoms with E-state index in [1.165, 1.54) is 0 Å². The van der Waals surface area contributed by atoms with Crippen LogP contribution >= 0.6 is 0 Å². The summed E-state index contributed by atoms with van der Waals surface area (Å²) in [5.41, 5.74) is 0.155. The first-order chi connectivity index (χ1) is 6.31. The summed E-state index contributed by atoms with van der Waals surface area (Å²) in [5.74, 6) is 0.548. The SMILES string of the molecule is CNc1nc(=O)[nH]c2ncccc12. The molecule has 0 aliphatic heterocycles. The summed E-state index contributed by atoms with van der Waals surface area (Å²) in [6, 6.07) is 3.64. The normalized spacial score (nSPS) is 10.2. The molecule has 0 bridgehead atoms. The van der Waals surface area contributed by atoms with Gasteiger partial charge in [0.25, 0.3) is 0 Å². The predicted molar refractivity (Wildman–Crippen MR) is 49.7 cm³/mol. The molecule has 5 heteroatoms. The number of rotatable bonds is 1. The Kier molecular flexibility index (Phi) is 1.70. The van der Waals surface area contributed by atoms with Crippen LogP contribution in [0.5, 0.6) is 0 Å². The zero-order valence-corrected chi connectivity index (χ0v) is 7.03. The van der Waals surface area contributed by atoms with Gasteiger partial charge in [0.05, 0.1) is 5.39 Å². The van der Waals surface area contributed by atoms with Crippen molar-refractivity contribution in [2.24, 2.45) is 0 Å². The van der Waals surface area contributed by atoms with Gasteiger partial charge in [-0.15, -0.1) is 0 Å². The first-order valence-electron chi connectivity index (χ1n) is 3.84. The number of nitrogens with zero attached hydrogens (tertiary/aromatic N) is 2. The second-order valence-corrected chi connectivity index (χ2v) is 2.54. The molecule has 66 valence electrons. The number of hydrogen-bond acceptors (Lipinski definition) is 4. The Labute approximate surface area is 73.8 Å². The monoisotopic (exact) mass is 176 g/mol. The van der Waals surface area contributed by atoms with E-state index in [0.717, 1.165) is 5.39 Å². The van der Waals surface area contributed by atoms with Crippen LogP contribution in [0.1, 0.15) is 0 Å². The molecule has 2 rings (SSSR count). The molecule has 0 fully saturated rings. The lowest BCUT2D eigenvalue weighted by Crippen LogP contribution is -2.13. The van der Waals surface area contributed by atoms with Gasteiger partial charge in [0.15, 0.2) is 0 Å². The summed E-state index contributed by atoms with van der Waals surface area (Å²) in [7, 11) is 1.72. The molecule has 2 heterocycles. The van der Waals surface area contributed by atoms with Gasteiger partial charge in [-0.1, -0.05) is 0 Å². The Morgan fingerprint density at radius 3 is 3.15 bits per heavy atom. The van der Waals surface area contributed by atoms with Crippen LogP contribution in [0.15, 0.2) is 23.1 Å². The van der Waals surface area contributed by atoms with Gasteiger partial charge in [-0.05, 0) is 12.1 Å². The third kappa shape index (κ3) is 1.24. The number of hydrogen-bond donors (Lipinski definition) is 2. The molecule has 2 N–H and O–H groups in total. The topological polar surface area (TPSA) is 70.7 Å². The van der Waals surface area contributed by atoms with Crippen LogP contribution in [0.25, 0.3) is 11.0 Å². The van der Waals surface area contributed by atoms with E-state index in [1.54, 1.807) is 19.3 Å². The van der Waals surface area contributed by atoms with Crippen LogP contribution in [0.2, 0.25) is 0 Å². The minimum Gasteiger partial charge on any atom is -0.372 e. The molecule has 0 aliphatic rings. The van der Waals surface area contributed by atoms with Crippen LogP contribution in [0.3, 0.4) is 0 Å². The molecule has 2 aromatic rings. The third-order valence-electron chi connectivity index (χ3n) is 1.74. The van der Waals surface area contributed by atoms with Crippen molar-refractivity contribution in [2.45, 2.75) is 0 Å². The Balaban J connectivity index is 2.89. The maximum Gasteiger partial charge on any atom is 0.348 e. The van der Waals surface area contributed by atoms with Gasteiger partial charge >= 0.3 is 5.69 Å². The van der Waals surface area contributed by atoms with Crippen molar-refractivity contribution in [2.75, 3.05) is 12.4 Å². The zero-order chi connectivity index (χ0) is 9.26. The Bertz CT molecular complexity index is 491. The van der Waals surface area contributed by atoms with Crippen LogP contribution in [-0.2, 0) is 0 Å². The van der Waals surface area contributed by atoms with E-state index in [-0.39, 0.29) is 0 Å². The van der Waals surface area contributed by atoms with Crippen molar-refractivity contribution in [3.63, 3.8) is 0 Å². The number of H-pyrrole nitrogens is 1. The minimum atomic E-state index is -0.393. The number of aromatic amines is 1. The molecule has 5 nitrogen and oxygen atoms in total. The number of aromatic nitrogens is 3. The maximum atomic E-state index is 11.0. The van der Waals surface area contributed by atoms with E-state index in [4.69, 9.17) is 0 Å². The fourth-order valence-corrected chi connectivity index (χ4v) is 1.18. The molecule has 0 unspecified atom stereocenters. The van der Waals surface area contributed by atoms with Crippen LogP contribution in [0.4, 0.5) is 5.82 Å². The van der Waals surface area contributed by atoms with Crippen molar-refractivity contribution in [3.05, 3.63) is 28.8 Å². The Morgan fingerprint density at radius 2 is 2.38 bits per heavy atom. The van der Waals surface area contributed by atoms with Crippen LogP contribution < -0.4 is 11.0 Å². The molecule has 0 aliphatic carbocycles. The van der Waals surface area contributed by atoms with E-state index < -0.39 is 5.69 Å². The maximum absolute atomic E-state index is 11.0. The quantitative estimate of drug-likeness (QED) is 0.658. The van der Waals surface area contributed by atoms with Gasteiger partial charge in [0.1, 0.15) is 11.5 Å². The molecule has 0 saturated heterocycles. The van der Waals surface area contributed by atoms with Crippen molar-refractivity contribution in [3.8, 4) is 0 Å². The van der Waals surface area contributed by atoms with E-state index >= 15 is 0 Å². The van der Waals surface area contributed by atoms with Crippen LogP contribution in [-0.4, -0.2) is 22.0 Å². The summed E-state index contributed by atoms with van der Waals surface area (Å²) in [6.45, 7) is 0. The Morgan fingerprint density at radius 1 is 1.54 bits per heavy atom. The van der Waals surface area contributed by atoms with E-state index in [0.29, 0.717) is 11.5 Å². The van der Waals surface area contributed by atoms with Gasteiger partial charge in [-0.2, -0.15) is 4.98 Å². The first kappa shape index (κ1) is 7.72. The lowest BCUT2D eigenvalue weighted by Gasteiger charge is -2.01. The van der Waals surface area contributed by atoms with Gasteiger partial charge in [-0.25, -0.2) is 9.78 Å². The largest absolute Gasteiger partial charge is 0.372 e. The van der Waals surface area contributed by atoms with E-state index in [2.05, 4.69) is 20.3 Å². The molecular weight excluding hydrogens is 168 g/mol. The summed E-state index contributed by atoms with van der Waals surface area (Å²) >= 11 is 0. The van der Waals surface area contributed by atoms with E-state index in [1.807, 2.05) is 6.07 Å². The van der Waals surface area contributed by atoms with Crippen molar-refractivity contribution >= 4 is 16.9 Å². The molecule has 2 aromatic heterocycles. The Hall–Kier alpha value is -1.91. The summed E-state index contributed by atoms with van der Waals surface area (Å²) in [5, 5.41) is 3.65. The highest BCUT2D eigenvalue weighted by atomic mass is 16.1. The number of fused-ring (bicyclic) bond motifs is 1. The van der Waals surface area contributed by atoms with Crippen molar-refractivity contribution in [1.82, 2.24) is 15.0 Å². The molecule has 0 amide bonds. The number of nitrogens with one attached hydrogen (secondary N) is 2. The van der Waals surface area contributed by atoms with Gasteiger partial charge < -0.3 is 5.32 Å².